The number of carbonyl (C=O) groups excluding carboxylic acids is 2. The molecular formula is C68H109NO8P+. The average molecular weight is 1100 g/mol. The summed E-state index contributed by atoms with van der Waals surface area (Å²) in [5.74, 6) is -0.856. The lowest BCUT2D eigenvalue weighted by Crippen LogP contribution is -2.37. The number of esters is 2. The van der Waals surface area contributed by atoms with E-state index >= 15 is 0 Å². The SMILES string of the molecule is CC/C=C\C/C=C\C/C=C\C/C=C\C/C=C\C/C=C\C/C=C\C/C=C\C/C=C\C/C=C\C/C=C\CCCCCCCC(=O)OC(COC(=O)CCCCCCC/C=C\C/C=C\C/C=C\CC)COP(=O)(O)OCC[N+](C)(C)C. The van der Waals surface area contributed by atoms with Crippen molar-refractivity contribution in [3.05, 3.63) is 170 Å². The molecule has 0 aromatic rings. The summed E-state index contributed by atoms with van der Waals surface area (Å²) in [5, 5.41) is 0. The van der Waals surface area contributed by atoms with E-state index in [2.05, 4.69) is 184 Å². The van der Waals surface area contributed by atoms with Crippen LogP contribution in [0.5, 0.6) is 0 Å². The largest absolute Gasteiger partial charge is 0.472 e. The van der Waals surface area contributed by atoms with Crippen molar-refractivity contribution >= 4 is 19.8 Å². The summed E-state index contributed by atoms with van der Waals surface area (Å²) >= 11 is 0. The van der Waals surface area contributed by atoms with E-state index in [0.29, 0.717) is 23.9 Å². The Kier molecular flexibility index (Phi) is 53.7. The van der Waals surface area contributed by atoms with Crippen LogP contribution in [-0.2, 0) is 32.7 Å². The number of allylic oxidation sites excluding steroid dienone is 28. The number of phosphoric acid groups is 1. The fourth-order valence-electron chi connectivity index (χ4n) is 7.21. The molecule has 10 heteroatoms. The fourth-order valence-corrected chi connectivity index (χ4v) is 7.95. The van der Waals surface area contributed by atoms with Crippen LogP contribution < -0.4 is 0 Å². The monoisotopic (exact) mass is 1100 g/mol. The first-order chi connectivity index (χ1) is 38.0. The van der Waals surface area contributed by atoms with Gasteiger partial charge in [-0.15, -0.1) is 0 Å². The Morgan fingerprint density at radius 3 is 1.03 bits per heavy atom. The van der Waals surface area contributed by atoms with E-state index in [1.165, 1.54) is 0 Å². The van der Waals surface area contributed by atoms with Crippen molar-refractivity contribution in [3.63, 3.8) is 0 Å². The number of carbonyl (C=O) groups is 2. The zero-order valence-corrected chi connectivity index (χ0v) is 50.5. The first-order valence-electron chi connectivity index (χ1n) is 29.9. The van der Waals surface area contributed by atoms with Gasteiger partial charge in [-0.3, -0.25) is 18.6 Å². The number of quaternary nitrogens is 1. The zero-order chi connectivity index (χ0) is 57.0. The summed E-state index contributed by atoms with van der Waals surface area (Å²) in [7, 11) is 1.42. The maximum Gasteiger partial charge on any atom is 0.472 e. The van der Waals surface area contributed by atoms with Gasteiger partial charge >= 0.3 is 19.8 Å². The zero-order valence-electron chi connectivity index (χ0n) is 49.6. The molecule has 78 heavy (non-hydrogen) atoms. The Hall–Kier alpha value is -4.63. The minimum atomic E-state index is -4.41. The minimum absolute atomic E-state index is 0.0148. The number of phosphoric ester groups is 1. The highest BCUT2D eigenvalue weighted by Crippen LogP contribution is 2.43. The van der Waals surface area contributed by atoms with Gasteiger partial charge in [0.05, 0.1) is 27.7 Å². The van der Waals surface area contributed by atoms with Crippen molar-refractivity contribution in [1.82, 2.24) is 0 Å². The second kappa shape index (κ2) is 57.1. The lowest BCUT2D eigenvalue weighted by molar-refractivity contribution is -0.870. The average Bonchev–Trinajstić information content (AvgIpc) is 3.41. The first-order valence-corrected chi connectivity index (χ1v) is 31.4. The van der Waals surface area contributed by atoms with Crippen molar-refractivity contribution in [1.29, 1.82) is 0 Å². The van der Waals surface area contributed by atoms with Crippen LogP contribution in [-0.4, -0.2) is 74.9 Å². The van der Waals surface area contributed by atoms with Crippen molar-refractivity contribution < 1.29 is 42.1 Å². The number of unbranched alkanes of at least 4 members (excludes halogenated alkanes) is 10. The smallest absolute Gasteiger partial charge is 0.462 e. The van der Waals surface area contributed by atoms with Gasteiger partial charge in [0.25, 0.3) is 0 Å². The first kappa shape index (κ1) is 73.4. The summed E-state index contributed by atoms with van der Waals surface area (Å²) in [6.45, 7) is 4.12. The molecule has 0 aliphatic rings. The highest BCUT2D eigenvalue weighted by molar-refractivity contribution is 7.47. The summed E-state index contributed by atoms with van der Waals surface area (Å²) in [4.78, 5) is 35.6. The quantitative estimate of drug-likeness (QED) is 0.0211. The molecule has 9 nitrogen and oxygen atoms in total. The number of nitrogens with zero attached hydrogens (tertiary/aromatic N) is 1. The van der Waals surface area contributed by atoms with Gasteiger partial charge in [-0.1, -0.05) is 223 Å². The second-order valence-corrected chi connectivity index (χ2v) is 21.7. The molecule has 2 atom stereocenters. The molecule has 1 N–H and O–H groups in total. The number of likely N-dealkylation sites (N-methyl/N-ethyl adjacent to an activating group) is 1. The van der Waals surface area contributed by atoms with Crippen molar-refractivity contribution in [2.45, 2.75) is 200 Å². The summed E-state index contributed by atoms with van der Waals surface area (Å²) in [6.07, 6.45) is 87.2. The second-order valence-electron chi connectivity index (χ2n) is 20.3. The van der Waals surface area contributed by atoms with Gasteiger partial charge in [-0.25, -0.2) is 4.57 Å². The predicted octanol–water partition coefficient (Wildman–Crippen LogP) is 19.0. The number of ether oxygens (including phenoxy) is 2. The molecule has 0 aromatic heterocycles. The third kappa shape index (κ3) is 60.6. The molecule has 438 valence electrons. The molecule has 0 amide bonds. The van der Waals surface area contributed by atoms with E-state index in [9.17, 15) is 19.0 Å². The molecule has 0 aliphatic heterocycles. The topological polar surface area (TPSA) is 108 Å². The standard InChI is InChI=1S/C68H108NO8P/c1-6-8-10-12-14-16-18-20-22-23-24-25-26-27-28-29-30-31-32-33-34-35-36-37-38-39-40-41-42-43-44-45-47-49-51-53-55-57-59-61-68(71)77-66(65-76-78(72,73)75-63-62-69(3,4)5)64-74-67(70)60-58-56-54-52-50-48-46-21-19-17-15-13-11-9-7-2/h8-11,14-17,20-22,24-25,27-28,30-31,33-34,36-37,39-40,42-43,45-47,66H,6-7,12-13,18-19,23,26,29,32,35,38,41,44,48-65H2,1-5H3/p+1/b10-8-,11-9-,16-14-,17-15-,22-20-,25-24-,28-27-,31-30-,34-33-,37-36-,40-39-,43-42-,46-21-,47-45-. The van der Waals surface area contributed by atoms with Gasteiger partial charge in [0.2, 0.25) is 0 Å². The highest BCUT2D eigenvalue weighted by Gasteiger charge is 2.27. The van der Waals surface area contributed by atoms with Crippen LogP contribution in [0.3, 0.4) is 0 Å². The molecule has 0 radical (unpaired) electrons. The lowest BCUT2D eigenvalue weighted by Gasteiger charge is -2.24. The van der Waals surface area contributed by atoms with E-state index in [1.807, 2.05) is 21.1 Å². The molecule has 2 unspecified atom stereocenters. The molecule has 0 aromatic carbocycles. The van der Waals surface area contributed by atoms with Crippen LogP contribution >= 0.6 is 7.82 Å². The number of rotatable bonds is 52. The lowest BCUT2D eigenvalue weighted by atomic mass is 10.1. The summed E-state index contributed by atoms with van der Waals surface area (Å²) in [5.41, 5.74) is 0. The molecule has 0 bridgehead atoms. The van der Waals surface area contributed by atoms with E-state index in [1.54, 1.807) is 0 Å². The third-order valence-electron chi connectivity index (χ3n) is 11.7. The molecule has 0 spiro atoms. The van der Waals surface area contributed by atoms with Gasteiger partial charge in [-0.05, 0) is 128 Å². The normalized spacial score (nSPS) is 14.5. The van der Waals surface area contributed by atoms with Crippen molar-refractivity contribution in [2.75, 3.05) is 47.5 Å². The van der Waals surface area contributed by atoms with Crippen LogP contribution in [0.25, 0.3) is 0 Å². The maximum atomic E-state index is 12.8. The van der Waals surface area contributed by atoms with Crippen LogP contribution in [0, 0.1) is 0 Å². The van der Waals surface area contributed by atoms with Gasteiger partial charge < -0.3 is 18.9 Å². The van der Waals surface area contributed by atoms with Crippen LogP contribution in [0.4, 0.5) is 0 Å². The van der Waals surface area contributed by atoms with Crippen LogP contribution in [0.15, 0.2) is 170 Å². The van der Waals surface area contributed by atoms with Gasteiger partial charge in [0, 0.05) is 12.8 Å². The van der Waals surface area contributed by atoms with Crippen LogP contribution in [0.1, 0.15) is 194 Å². The Labute approximate surface area is 477 Å². The predicted molar refractivity (Wildman–Crippen MR) is 334 cm³/mol. The van der Waals surface area contributed by atoms with E-state index < -0.39 is 32.5 Å². The molecule has 0 fully saturated rings. The molecule has 0 saturated heterocycles. The number of hydrogen-bond donors (Lipinski definition) is 1. The van der Waals surface area contributed by atoms with Crippen molar-refractivity contribution in [2.24, 2.45) is 0 Å². The van der Waals surface area contributed by atoms with Crippen LogP contribution in [0.2, 0.25) is 0 Å². The Morgan fingerprint density at radius 1 is 0.397 bits per heavy atom. The molecular weight excluding hydrogens is 990 g/mol. The van der Waals surface area contributed by atoms with Gasteiger partial charge in [0.1, 0.15) is 19.8 Å². The maximum absolute atomic E-state index is 12.8. The molecule has 0 saturated carbocycles. The third-order valence-corrected chi connectivity index (χ3v) is 12.7. The molecule has 0 aliphatic carbocycles. The van der Waals surface area contributed by atoms with Gasteiger partial charge in [-0.2, -0.15) is 0 Å². The highest BCUT2D eigenvalue weighted by atomic mass is 31.2. The van der Waals surface area contributed by atoms with E-state index in [0.717, 1.165) is 154 Å². The molecule has 0 rings (SSSR count). The minimum Gasteiger partial charge on any atom is -0.462 e. The van der Waals surface area contributed by atoms with E-state index in [4.69, 9.17) is 18.5 Å². The Balaban J connectivity index is 4.21. The van der Waals surface area contributed by atoms with Crippen molar-refractivity contribution in [3.8, 4) is 0 Å². The summed E-state index contributed by atoms with van der Waals surface area (Å²) < 4.78 is 34.5. The van der Waals surface area contributed by atoms with E-state index in [-0.39, 0.29) is 26.1 Å². The Bertz CT molecular complexity index is 1920. The van der Waals surface area contributed by atoms with Gasteiger partial charge in [0.15, 0.2) is 6.10 Å². The Morgan fingerprint density at radius 2 is 0.692 bits per heavy atom. The molecule has 0 heterocycles. The number of hydrogen-bond acceptors (Lipinski definition) is 7. The fraction of sp³-hybridized carbons (Fsp3) is 0.559. The summed E-state index contributed by atoms with van der Waals surface area (Å²) in [6, 6.07) is 0.